The minimum absolute atomic E-state index is 0.0618. The summed E-state index contributed by atoms with van der Waals surface area (Å²) in [6.07, 6.45) is 1.67. The van der Waals surface area contributed by atoms with Crippen LogP contribution in [0, 0.1) is 5.41 Å². The molecule has 18 heavy (non-hydrogen) atoms. The van der Waals surface area contributed by atoms with Gasteiger partial charge in [-0.15, -0.1) is 0 Å². The maximum absolute atomic E-state index is 7.43. The van der Waals surface area contributed by atoms with Gasteiger partial charge in [-0.2, -0.15) is 0 Å². The second-order valence-corrected chi connectivity index (χ2v) is 4.16. The fraction of sp³-hybridized carbons (Fsp3) is 0.143. The van der Waals surface area contributed by atoms with Crippen LogP contribution in [0.15, 0.2) is 48.7 Å². The number of amidine groups is 1. The molecule has 0 bridgehead atoms. The van der Waals surface area contributed by atoms with E-state index in [9.17, 15) is 0 Å². The zero-order valence-corrected chi connectivity index (χ0v) is 10.3. The average Bonchev–Trinajstić information content (AvgIpc) is 2.40. The van der Waals surface area contributed by atoms with Gasteiger partial charge < -0.3 is 10.6 Å². The van der Waals surface area contributed by atoms with E-state index < -0.39 is 0 Å². The maximum atomic E-state index is 7.43. The number of aromatic nitrogens is 1. The van der Waals surface area contributed by atoms with Crippen molar-refractivity contribution in [2.75, 3.05) is 11.9 Å². The summed E-state index contributed by atoms with van der Waals surface area (Å²) >= 11 is 0. The Labute approximate surface area is 107 Å². The molecule has 0 unspecified atom stereocenters. The number of nitrogens with two attached hydrogens (primary N) is 1. The van der Waals surface area contributed by atoms with Crippen LogP contribution in [0.4, 0.5) is 5.82 Å². The van der Waals surface area contributed by atoms with Crippen molar-refractivity contribution in [1.29, 1.82) is 5.41 Å². The molecule has 2 rings (SSSR count). The number of rotatable bonds is 4. The number of hydrogen-bond acceptors (Lipinski definition) is 3. The third-order valence-corrected chi connectivity index (χ3v) is 2.71. The lowest BCUT2D eigenvalue weighted by Crippen LogP contribution is -2.19. The Bertz CT molecular complexity index is 537. The summed E-state index contributed by atoms with van der Waals surface area (Å²) in [4.78, 5) is 6.32. The first kappa shape index (κ1) is 12.1. The molecule has 1 aromatic carbocycles. The monoisotopic (exact) mass is 240 g/mol. The molecule has 1 heterocycles. The number of benzene rings is 1. The van der Waals surface area contributed by atoms with Gasteiger partial charge in [0.25, 0.3) is 0 Å². The molecule has 0 saturated carbocycles. The van der Waals surface area contributed by atoms with E-state index in [0.717, 1.165) is 12.4 Å². The van der Waals surface area contributed by atoms with Crippen molar-refractivity contribution in [2.24, 2.45) is 5.73 Å². The quantitative estimate of drug-likeness (QED) is 0.634. The minimum Gasteiger partial charge on any atom is -0.384 e. The molecule has 0 spiro atoms. The van der Waals surface area contributed by atoms with Crippen molar-refractivity contribution < 1.29 is 0 Å². The summed E-state index contributed by atoms with van der Waals surface area (Å²) in [5, 5.41) is 7.43. The van der Waals surface area contributed by atoms with E-state index in [0.29, 0.717) is 5.56 Å². The van der Waals surface area contributed by atoms with Gasteiger partial charge in [-0.3, -0.25) is 5.41 Å². The highest BCUT2D eigenvalue weighted by atomic mass is 15.2. The first-order valence-corrected chi connectivity index (χ1v) is 5.72. The predicted octanol–water partition coefficient (Wildman–Crippen LogP) is 2.00. The van der Waals surface area contributed by atoms with Gasteiger partial charge in [-0.05, 0) is 17.7 Å². The molecule has 0 saturated heterocycles. The summed E-state index contributed by atoms with van der Waals surface area (Å²) in [7, 11) is 1.97. The van der Waals surface area contributed by atoms with Crippen LogP contribution in [0.5, 0.6) is 0 Å². The van der Waals surface area contributed by atoms with E-state index in [2.05, 4.69) is 17.1 Å². The zero-order chi connectivity index (χ0) is 13.0. The molecule has 0 atom stereocenters. The van der Waals surface area contributed by atoms with Crippen LogP contribution in [-0.4, -0.2) is 17.9 Å². The van der Waals surface area contributed by atoms with Crippen LogP contribution in [0.3, 0.4) is 0 Å². The summed E-state index contributed by atoms with van der Waals surface area (Å²) in [5.74, 6) is 0.873. The van der Waals surface area contributed by atoms with Crippen molar-refractivity contribution in [1.82, 2.24) is 4.98 Å². The summed E-state index contributed by atoms with van der Waals surface area (Å²) in [5.41, 5.74) is 7.38. The lowest BCUT2D eigenvalue weighted by molar-refractivity contribution is 0.897. The van der Waals surface area contributed by atoms with E-state index in [-0.39, 0.29) is 5.84 Å². The maximum Gasteiger partial charge on any atom is 0.129 e. The van der Waals surface area contributed by atoms with Gasteiger partial charge in [0.2, 0.25) is 0 Å². The fourth-order valence-electron chi connectivity index (χ4n) is 1.73. The third kappa shape index (κ3) is 2.85. The molecular weight excluding hydrogens is 224 g/mol. The van der Waals surface area contributed by atoms with Crippen LogP contribution >= 0.6 is 0 Å². The lowest BCUT2D eigenvalue weighted by atomic mass is 10.2. The number of nitrogen functional groups attached to an aromatic ring is 1. The molecule has 0 amide bonds. The van der Waals surface area contributed by atoms with Gasteiger partial charge in [0.1, 0.15) is 11.7 Å². The Kier molecular flexibility index (Phi) is 3.57. The Hall–Kier alpha value is -2.36. The van der Waals surface area contributed by atoms with Crippen LogP contribution in [0.25, 0.3) is 0 Å². The van der Waals surface area contributed by atoms with E-state index in [4.69, 9.17) is 11.1 Å². The Morgan fingerprint density at radius 2 is 2.00 bits per heavy atom. The highest BCUT2D eigenvalue weighted by Crippen LogP contribution is 2.13. The summed E-state index contributed by atoms with van der Waals surface area (Å²) in [6, 6.07) is 13.7. The highest BCUT2D eigenvalue weighted by molar-refractivity contribution is 5.95. The van der Waals surface area contributed by atoms with E-state index in [1.54, 1.807) is 12.3 Å². The molecule has 0 aliphatic heterocycles. The number of nitrogens with zero attached hydrogens (tertiary/aromatic N) is 2. The summed E-state index contributed by atoms with van der Waals surface area (Å²) in [6.45, 7) is 0.773. The molecule has 2 aromatic rings. The van der Waals surface area contributed by atoms with Gasteiger partial charge in [-0.1, -0.05) is 30.3 Å². The van der Waals surface area contributed by atoms with Gasteiger partial charge in [0.15, 0.2) is 0 Å². The van der Waals surface area contributed by atoms with Crippen molar-refractivity contribution in [3.8, 4) is 0 Å². The van der Waals surface area contributed by atoms with Gasteiger partial charge >= 0.3 is 0 Å². The molecule has 3 N–H and O–H groups in total. The van der Waals surface area contributed by atoms with E-state index in [1.807, 2.05) is 36.2 Å². The molecule has 0 aliphatic carbocycles. The number of anilines is 1. The lowest BCUT2D eigenvalue weighted by Gasteiger charge is -2.18. The topological polar surface area (TPSA) is 66.0 Å². The second kappa shape index (κ2) is 5.31. The SMILES string of the molecule is CN(Cc1ccccc1)c1cc(C(=N)N)ccn1. The fourth-order valence-corrected chi connectivity index (χ4v) is 1.73. The van der Waals surface area contributed by atoms with Crippen LogP contribution < -0.4 is 10.6 Å². The van der Waals surface area contributed by atoms with Gasteiger partial charge in [0.05, 0.1) is 0 Å². The second-order valence-electron chi connectivity index (χ2n) is 4.16. The smallest absolute Gasteiger partial charge is 0.129 e. The largest absolute Gasteiger partial charge is 0.384 e. The predicted molar refractivity (Wildman–Crippen MR) is 73.8 cm³/mol. The van der Waals surface area contributed by atoms with E-state index in [1.165, 1.54) is 5.56 Å². The molecule has 92 valence electrons. The highest BCUT2D eigenvalue weighted by Gasteiger charge is 2.05. The van der Waals surface area contributed by atoms with Crippen molar-refractivity contribution >= 4 is 11.7 Å². The molecule has 4 nitrogen and oxygen atoms in total. The molecular formula is C14H16N4. The normalized spacial score (nSPS) is 10.1. The standard InChI is InChI=1S/C14H16N4/c1-18(10-11-5-3-2-4-6-11)13-9-12(14(15)16)7-8-17-13/h2-9H,10H2,1H3,(H3,15,16). The molecule has 1 aromatic heterocycles. The van der Waals surface area contributed by atoms with Crippen molar-refractivity contribution in [2.45, 2.75) is 6.54 Å². The molecule has 0 aliphatic rings. The zero-order valence-electron chi connectivity index (χ0n) is 10.3. The molecule has 0 radical (unpaired) electrons. The van der Waals surface area contributed by atoms with Crippen LogP contribution in [0.1, 0.15) is 11.1 Å². The van der Waals surface area contributed by atoms with Gasteiger partial charge in [-0.25, -0.2) is 4.98 Å². The number of hydrogen-bond donors (Lipinski definition) is 2. The van der Waals surface area contributed by atoms with Crippen LogP contribution in [0.2, 0.25) is 0 Å². The first-order chi connectivity index (χ1) is 8.66. The van der Waals surface area contributed by atoms with E-state index >= 15 is 0 Å². The third-order valence-electron chi connectivity index (χ3n) is 2.71. The Morgan fingerprint density at radius 3 is 2.67 bits per heavy atom. The summed E-state index contributed by atoms with van der Waals surface area (Å²) < 4.78 is 0. The molecule has 4 heteroatoms. The Balaban J connectivity index is 2.16. The Morgan fingerprint density at radius 1 is 1.28 bits per heavy atom. The number of nitrogens with one attached hydrogen (secondary N) is 1. The first-order valence-electron chi connectivity index (χ1n) is 5.72. The minimum atomic E-state index is 0.0618. The van der Waals surface area contributed by atoms with Crippen molar-refractivity contribution in [3.63, 3.8) is 0 Å². The average molecular weight is 240 g/mol. The number of pyridine rings is 1. The van der Waals surface area contributed by atoms with Gasteiger partial charge in [0, 0.05) is 25.4 Å². The van der Waals surface area contributed by atoms with Crippen molar-refractivity contribution in [3.05, 3.63) is 59.8 Å². The molecule has 0 fully saturated rings. The van der Waals surface area contributed by atoms with Crippen LogP contribution in [-0.2, 0) is 6.54 Å².